The molecule has 0 fully saturated rings. The molecule has 0 amide bonds. The van der Waals surface area contributed by atoms with Crippen LogP contribution in [0.4, 0.5) is 0 Å². The van der Waals surface area contributed by atoms with Crippen molar-refractivity contribution >= 4 is 17.9 Å². The van der Waals surface area contributed by atoms with E-state index in [1.165, 1.54) is 109 Å². The normalized spacial score (nSPS) is 12.5. The van der Waals surface area contributed by atoms with Crippen molar-refractivity contribution in [2.75, 3.05) is 13.2 Å². The molecule has 0 spiro atoms. The van der Waals surface area contributed by atoms with Crippen LogP contribution >= 0.6 is 0 Å². The summed E-state index contributed by atoms with van der Waals surface area (Å²) in [5.74, 6) is -0.888. The van der Waals surface area contributed by atoms with Crippen molar-refractivity contribution in [3.05, 3.63) is 60.8 Å². The van der Waals surface area contributed by atoms with Crippen LogP contribution < -0.4 is 0 Å². The van der Waals surface area contributed by atoms with Gasteiger partial charge in [-0.25, -0.2) is 0 Å². The third kappa shape index (κ3) is 46.2. The Hall–Kier alpha value is -2.89. The number of hydrogen-bond acceptors (Lipinski definition) is 6. The lowest BCUT2D eigenvalue weighted by Crippen LogP contribution is -2.30. The maximum Gasteiger partial charge on any atom is 0.306 e. The molecule has 0 heterocycles. The molecular formula is C54H94O6. The largest absolute Gasteiger partial charge is 0.462 e. The van der Waals surface area contributed by atoms with Crippen molar-refractivity contribution in [1.29, 1.82) is 0 Å². The molecule has 0 aromatic rings. The smallest absolute Gasteiger partial charge is 0.306 e. The molecule has 0 aliphatic carbocycles. The molecule has 6 nitrogen and oxygen atoms in total. The van der Waals surface area contributed by atoms with E-state index in [1.807, 2.05) is 0 Å². The maximum atomic E-state index is 12.7. The zero-order valence-electron chi connectivity index (χ0n) is 39.5. The predicted octanol–water partition coefficient (Wildman–Crippen LogP) is 16.5. The van der Waals surface area contributed by atoms with Crippen LogP contribution in [-0.4, -0.2) is 37.2 Å². The molecule has 0 N–H and O–H groups in total. The van der Waals surface area contributed by atoms with E-state index in [0.717, 1.165) is 96.3 Å². The standard InChI is InChI=1S/C54H94O6/c1-4-7-10-13-16-19-21-22-23-24-25-26-27-28-29-30-31-32-33-36-38-41-44-47-53(56)59-50-51(49-58-52(55)46-43-40-37-34-18-15-12-9-6-3)60-54(57)48-45-42-39-35-20-17-14-11-8-5-2/h7,10,16,19,22-23,25-26,28-29,51H,4-6,8-9,11-15,17-18,20-21,24,27,30-50H2,1-3H3/b10-7-,19-16-,23-22-,26-25-,29-28-. The summed E-state index contributed by atoms with van der Waals surface area (Å²) in [6.45, 7) is 6.48. The monoisotopic (exact) mass is 839 g/mol. The molecule has 60 heavy (non-hydrogen) atoms. The molecule has 0 saturated carbocycles. The first-order chi connectivity index (χ1) is 29.5. The fourth-order valence-corrected chi connectivity index (χ4v) is 7.00. The molecule has 0 rings (SSSR count). The van der Waals surface area contributed by atoms with Crippen LogP contribution in [0, 0.1) is 0 Å². The highest BCUT2D eigenvalue weighted by Crippen LogP contribution is 2.15. The fourth-order valence-electron chi connectivity index (χ4n) is 7.00. The second kappa shape index (κ2) is 48.8. The van der Waals surface area contributed by atoms with Crippen molar-refractivity contribution in [3.63, 3.8) is 0 Å². The first-order valence-corrected chi connectivity index (χ1v) is 25.3. The van der Waals surface area contributed by atoms with Crippen LogP contribution in [0.1, 0.15) is 245 Å². The average Bonchev–Trinajstić information content (AvgIpc) is 3.24. The molecule has 0 radical (unpaired) electrons. The van der Waals surface area contributed by atoms with Crippen LogP contribution in [-0.2, 0) is 28.6 Å². The lowest BCUT2D eigenvalue weighted by Gasteiger charge is -2.18. The number of carbonyl (C=O) groups is 3. The van der Waals surface area contributed by atoms with Gasteiger partial charge in [0.15, 0.2) is 6.10 Å². The summed E-state index contributed by atoms with van der Waals surface area (Å²) < 4.78 is 16.7. The summed E-state index contributed by atoms with van der Waals surface area (Å²) in [4.78, 5) is 37.8. The Kier molecular flexibility index (Phi) is 46.4. The minimum Gasteiger partial charge on any atom is -0.462 e. The summed E-state index contributed by atoms with van der Waals surface area (Å²) in [5, 5.41) is 0. The third-order valence-corrected chi connectivity index (χ3v) is 10.8. The number of ether oxygens (including phenoxy) is 3. The minimum atomic E-state index is -0.772. The van der Waals surface area contributed by atoms with Gasteiger partial charge in [-0.3, -0.25) is 14.4 Å². The van der Waals surface area contributed by atoms with Crippen LogP contribution in [0.15, 0.2) is 60.8 Å². The van der Waals surface area contributed by atoms with Gasteiger partial charge in [0, 0.05) is 19.3 Å². The Morgan fingerprint density at radius 3 is 1.02 bits per heavy atom. The first-order valence-electron chi connectivity index (χ1n) is 25.3. The Morgan fingerprint density at radius 1 is 0.350 bits per heavy atom. The topological polar surface area (TPSA) is 78.9 Å². The van der Waals surface area contributed by atoms with Gasteiger partial charge < -0.3 is 14.2 Å². The summed E-state index contributed by atoms with van der Waals surface area (Å²) in [5.41, 5.74) is 0. The van der Waals surface area contributed by atoms with Gasteiger partial charge in [0.25, 0.3) is 0 Å². The quantitative estimate of drug-likeness (QED) is 0.0263. The van der Waals surface area contributed by atoms with Gasteiger partial charge in [0.05, 0.1) is 0 Å². The van der Waals surface area contributed by atoms with Crippen molar-refractivity contribution in [2.45, 2.75) is 252 Å². The summed E-state index contributed by atoms with van der Waals surface area (Å²) in [7, 11) is 0. The van der Waals surface area contributed by atoms with E-state index in [0.29, 0.717) is 19.3 Å². The zero-order chi connectivity index (χ0) is 43.7. The minimum absolute atomic E-state index is 0.0750. The summed E-state index contributed by atoms with van der Waals surface area (Å²) in [6, 6.07) is 0. The molecule has 6 heteroatoms. The number of allylic oxidation sites excluding steroid dienone is 10. The van der Waals surface area contributed by atoms with Crippen LogP contribution in [0.2, 0.25) is 0 Å². The van der Waals surface area contributed by atoms with Gasteiger partial charge in [-0.15, -0.1) is 0 Å². The van der Waals surface area contributed by atoms with Crippen molar-refractivity contribution in [1.82, 2.24) is 0 Å². The van der Waals surface area contributed by atoms with E-state index < -0.39 is 6.10 Å². The second-order valence-electron chi connectivity index (χ2n) is 16.7. The van der Waals surface area contributed by atoms with Gasteiger partial charge in [-0.1, -0.05) is 223 Å². The van der Waals surface area contributed by atoms with Crippen molar-refractivity contribution in [3.8, 4) is 0 Å². The lowest BCUT2D eigenvalue weighted by atomic mass is 10.1. The fraction of sp³-hybridized carbons (Fsp3) is 0.759. The Bertz CT molecular complexity index is 1100. The van der Waals surface area contributed by atoms with E-state index in [2.05, 4.69) is 81.5 Å². The van der Waals surface area contributed by atoms with Crippen molar-refractivity contribution in [2.24, 2.45) is 0 Å². The molecular weight excluding hydrogens is 745 g/mol. The van der Waals surface area contributed by atoms with Crippen molar-refractivity contribution < 1.29 is 28.6 Å². The molecule has 1 atom stereocenters. The zero-order valence-corrected chi connectivity index (χ0v) is 39.5. The van der Waals surface area contributed by atoms with E-state index in [9.17, 15) is 14.4 Å². The molecule has 0 saturated heterocycles. The van der Waals surface area contributed by atoms with Gasteiger partial charge in [0.2, 0.25) is 0 Å². The maximum absolute atomic E-state index is 12.7. The average molecular weight is 839 g/mol. The Labute approximate surface area is 370 Å². The highest BCUT2D eigenvalue weighted by atomic mass is 16.6. The number of carbonyl (C=O) groups excluding carboxylic acids is 3. The lowest BCUT2D eigenvalue weighted by molar-refractivity contribution is -0.167. The SMILES string of the molecule is CC/C=C\C/C=C\C/C=C\C/C=C\C/C=C\CCCCCCCCCC(=O)OCC(COC(=O)CCCCCCCCCCC)OC(=O)CCCCCCCCCCCC. The Morgan fingerprint density at radius 2 is 0.650 bits per heavy atom. The summed E-state index contributed by atoms with van der Waals surface area (Å²) in [6.07, 6.45) is 59.3. The molecule has 1 unspecified atom stereocenters. The van der Waals surface area contributed by atoms with Gasteiger partial charge in [-0.05, 0) is 64.2 Å². The first kappa shape index (κ1) is 57.1. The molecule has 0 aromatic heterocycles. The molecule has 0 aliphatic heterocycles. The number of hydrogen-bond donors (Lipinski definition) is 0. The third-order valence-electron chi connectivity index (χ3n) is 10.8. The second-order valence-corrected chi connectivity index (χ2v) is 16.7. The molecule has 346 valence electrons. The van der Waals surface area contributed by atoms with Crippen LogP contribution in [0.25, 0.3) is 0 Å². The van der Waals surface area contributed by atoms with E-state index >= 15 is 0 Å². The highest BCUT2D eigenvalue weighted by Gasteiger charge is 2.19. The van der Waals surface area contributed by atoms with E-state index in [1.54, 1.807) is 0 Å². The van der Waals surface area contributed by atoms with E-state index in [-0.39, 0.29) is 31.1 Å². The highest BCUT2D eigenvalue weighted by molar-refractivity contribution is 5.71. The molecule has 0 aliphatic rings. The van der Waals surface area contributed by atoms with Gasteiger partial charge in [0.1, 0.15) is 13.2 Å². The van der Waals surface area contributed by atoms with Crippen LogP contribution in [0.5, 0.6) is 0 Å². The predicted molar refractivity (Wildman–Crippen MR) is 256 cm³/mol. The van der Waals surface area contributed by atoms with Crippen LogP contribution in [0.3, 0.4) is 0 Å². The Balaban J connectivity index is 4.24. The number of esters is 3. The summed E-state index contributed by atoms with van der Waals surface area (Å²) >= 11 is 0. The number of rotatable bonds is 45. The molecule has 0 bridgehead atoms. The van der Waals surface area contributed by atoms with Gasteiger partial charge >= 0.3 is 17.9 Å². The van der Waals surface area contributed by atoms with Gasteiger partial charge in [-0.2, -0.15) is 0 Å². The van der Waals surface area contributed by atoms with E-state index in [4.69, 9.17) is 14.2 Å². The molecule has 0 aromatic carbocycles. The number of unbranched alkanes of at least 4 members (excludes halogenated alkanes) is 24.